The van der Waals surface area contributed by atoms with E-state index in [1.165, 1.54) is 12.8 Å². The molecule has 1 heterocycles. The van der Waals surface area contributed by atoms with Gasteiger partial charge < -0.3 is 24.8 Å². The summed E-state index contributed by atoms with van der Waals surface area (Å²) in [6.07, 6.45) is 2.33. The minimum absolute atomic E-state index is 0. The summed E-state index contributed by atoms with van der Waals surface area (Å²) < 4.78 is 16.0. The molecule has 1 aliphatic heterocycles. The Morgan fingerprint density at radius 1 is 1.12 bits per heavy atom. The quantitative estimate of drug-likeness (QED) is 0.426. The number of likely N-dealkylation sites (tertiary alicyclic amines) is 1. The zero-order valence-corrected chi connectivity index (χ0v) is 17.2. The summed E-state index contributed by atoms with van der Waals surface area (Å²) in [5.41, 5.74) is 7.09. The molecular formula is C17H28IN3O3. The smallest absolute Gasteiger partial charge is 0.203 e. The number of guanidine groups is 1. The second-order valence-electron chi connectivity index (χ2n) is 5.88. The Bertz CT molecular complexity index is 533. The van der Waals surface area contributed by atoms with Gasteiger partial charge in [-0.25, -0.2) is 4.99 Å². The number of ether oxygens (including phenoxy) is 3. The third-order valence-electron chi connectivity index (χ3n) is 4.26. The van der Waals surface area contributed by atoms with E-state index < -0.39 is 0 Å². The molecule has 1 aromatic carbocycles. The van der Waals surface area contributed by atoms with E-state index in [-0.39, 0.29) is 24.0 Å². The fraction of sp³-hybridized carbons (Fsp3) is 0.588. The summed E-state index contributed by atoms with van der Waals surface area (Å²) in [4.78, 5) is 6.67. The number of nitrogens with zero attached hydrogens (tertiary/aromatic N) is 2. The summed E-state index contributed by atoms with van der Waals surface area (Å²) >= 11 is 0. The largest absolute Gasteiger partial charge is 0.493 e. The van der Waals surface area contributed by atoms with Crippen molar-refractivity contribution < 1.29 is 14.2 Å². The van der Waals surface area contributed by atoms with E-state index in [0.717, 1.165) is 24.6 Å². The molecule has 0 radical (unpaired) electrons. The second-order valence-corrected chi connectivity index (χ2v) is 5.88. The fourth-order valence-electron chi connectivity index (χ4n) is 2.74. The molecule has 2 N–H and O–H groups in total. The first-order chi connectivity index (χ1) is 11.1. The van der Waals surface area contributed by atoms with Gasteiger partial charge in [0.1, 0.15) is 0 Å². The molecule has 0 aromatic heterocycles. The normalized spacial score (nSPS) is 15.7. The molecular weight excluding hydrogens is 421 g/mol. The number of rotatable bonds is 5. The molecule has 1 saturated heterocycles. The molecule has 0 bridgehead atoms. The van der Waals surface area contributed by atoms with Crippen molar-refractivity contribution >= 4 is 29.9 Å². The Hall–Kier alpha value is -1.38. The molecule has 0 aliphatic carbocycles. The predicted molar refractivity (Wildman–Crippen MR) is 107 cm³/mol. The highest BCUT2D eigenvalue weighted by Crippen LogP contribution is 2.38. The first kappa shape index (κ1) is 20.7. The zero-order chi connectivity index (χ0) is 16.8. The molecule has 0 spiro atoms. The third-order valence-corrected chi connectivity index (χ3v) is 4.26. The Morgan fingerprint density at radius 3 is 2.12 bits per heavy atom. The first-order valence-electron chi connectivity index (χ1n) is 7.92. The maximum absolute atomic E-state index is 6.13. The summed E-state index contributed by atoms with van der Waals surface area (Å²) in [7, 11) is 4.80. The van der Waals surface area contributed by atoms with Crippen LogP contribution >= 0.6 is 24.0 Å². The van der Waals surface area contributed by atoms with Gasteiger partial charge in [-0.1, -0.05) is 6.92 Å². The van der Waals surface area contributed by atoms with Crippen LogP contribution in [0.2, 0.25) is 0 Å². The van der Waals surface area contributed by atoms with E-state index in [4.69, 9.17) is 19.9 Å². The van der Waals surface area contributed by atoms with Crippen molar-refractivity contribution in [3.8, 4) is 17.2 Å². The molecule has 6 nitrogen and oxygen atoms in total. The maximum atomic E-state index is 6.13. The lowest BCUT2D eigenvalue weighted by Crippen LogP contribution is -2.42. The summed E-state index contributed by atoms with van der Waals surface area (Å²) in [5.74, 6) is 3.21. The Morgan fingerprint density at radius 2 is 1.67 bits per heavy atom. The van der Waals surface area contributed by atoms with Gasteiger partial charge in [-0.2, -0.15) is 0 Å². The van der Waals surface area contributed by atoms with Gasteiger partial charge in [0.15, 0.2) is 17.5 Å². The van der Waals surface area contributed by atoms with Crippen LogP contribution in [0.25, 0.3) is 0 Å². The van der Waals surface area contributed by atoms with Gasteiger partial charge in [0, 0.05) is 13.1 Å². The molecule has 1 fully saturated rings. The third kappa shape index (κ3) is 5.06. The predicted octanol–water partition coefficient (Wildman–Crippen LogP) is 2.88. The van der Waals surface area contributed by atoms with Gasteiger partial charge >= 0.3 is 0 Å². The van der Waals surface area contributed by atoms with Gasteiger partial charge in [0.2, 0.25) is 5.75 Å². The van der Waals surface area contributed by atoms with Crippen LogP contribution in [-0.4, -0.2) is 45.3 Å². The molecule has 0 unspecified atom stereocenters. The average Bonchev–Trinajstić information content (AvgIpc) is 2.59. The zero-order valence-electron chi connectivity index (χ0n) is 14.9. The number of hydrogen-bond donors (Lipinski definition) is 1. The molecule has 0 saturated carbocycles. The van der Waals surface area contributed by atoms with Gasteiger partial charge in [-0.15, -0.1) is 24.0 Å². The van der Waals surface area contributed by atoms with Crippen LogP contribution in [0.1, 0.15) is 25.3 Å². The first-order valence-corrected chi connectivity index (χ1v) is 7.92. The van der Waals surface area contributed by atoms with Crippen molar-refractivity contribution in [3.05, 3.63) is 17.7 Å². The van der Waals surface area contributed by atoms with Gasteiger partial charge in [0.05, 0.1) is 27.9 Å². The number of methoxy groups -OCH3 is 3. The van der Waals surface area contributed by atoms with Gasteiger partial charge in [-0.05, 0) is 36.5 Å². The average molecular weight is 449 g/mol. The van der Waals surface area contributed by atoms with E-state index in [1.54, 1.807) is 21.3 Å². The Balaban J connectivity index is 0.00000288. The lowest BCUT2D eigenvalue weighted by atomic mass is 10.00. The van der Waals surface area contributed by atoms with Crippen LogP contribution in [-0.2, 0) is 6.54 Å². The molecule has 0 atom stereocenters. The van der Waals surface area contributed by atoms with Crippen molar-refractivity contribution in [2.24, 2.45) is 16.6 Å². The number of nitrogens with two attached hydrogens (primary N) is 1. The number of piperidine rings is 1. The minimum atomic E-state index is 0. The molecule has 2 rings (SSSR count). The molecule has 7 heteroatoms. The van der Waals surface area contributed by atoms with E-state index in [0.29, 0.717) is 29.8 Å². The Kier molecular flexibility index (Phi) is 8.44. The lowest BCUT2D eigenvalue weighted by molar-refractivity contribution is 0.277. The van der Waals surface area contributed by atoms with Crippen LogP contribution in [0.4, 0.5) is 0 Å². The van der Waals surface area contributed by atoms with Crippen LogP contribution in [0.3, 0.4) is 0 Å². The highest BCUT2D eigenvalue weighted by molar-refractivity contribution is 14.0. The van der Waals surface area contributed by atoms with Gasteiger partial charge in [-0.3, -0.25) is 0 Å². The molecule has 24 heavy (non-hydrogen) atoms. The highest BCUT2D eigenvalue weighted by atomic mass is 127. The minimum Gasteiger partial charge on any atom is -0.493 e. The summed E-state index contributed by atoms with van der Waals surface area (Å²) in [6, 6.07) is 3.80. The number of hydrogen-bond acceptors (Lipinski definition) is 4. The molecule has 136 valence electrons. The maximum Gasteiger partial charge on any atom is 0.203 e. The standard InChI is InChI=1S/C17H27N3O3.HI/c1-12-5-7-20(8-6-12)17(18)19-11-13-9-14(21-2)16(23-4)15(10-13)22-3;/h9-10,12H,5-8,11H2,1-4H3,(H2,18,19);1H. The van der Waals surface area contributed by atoms with Crippen molar-refractivity contribution in [2.45, 2.75) is 26.3 Å². The topological polar surface area (TPSA) is 69.3 Å². The second kappa shape index (κ2) is 9.80. The number of benzene rings is 1. The van der Waals surface area contributed by atoms with Crippen molar-refractivity contribution in [1.29, 1.82) is 0 Å². The Labute approximate surface area is 161 Å². The summed E-state index contributed by atoms with van der Waals surface area (Å²) in [5, 5.41) is 0. The number of halogens is 1. The van der Waals surface area contributed by atoms with Crippen LogP contribution in [0.5, 0.6) is 17.2 Å². The van der Waals surface area contributed by atoms with Crippen molar-refractivity contribution in [3.63, 3.8) is 0 Å². The van der Waals surface area contributed by atoms with E-state index in [1.807, 2.05) is 12.1 Å². The van der Waals surface area contributed by atoms with Gasteiger partial charge in [0.25, 0.3) is 0 Å². The molecule has 1 aliphatic rings. The van der Waals surface area contributed by atoms with Crippen LogP contribution < -0.4 is 19.9 Å². The van der Waals surface area contributed by atoms with Crippen molar-refractivity contribution in [1.82, 2.24) is 4.90 Å². The van der Waals surface area contributed by atoms with E-state index in [9.17, 15) is 0 Å². The monoisotopic (exact) mass is 449 g/mol. The SMILES string of the molecule is COc1cc(CN=C(N)N2CCC(C)CC2)cc(OC)c1OC.I. The molecule has 1 aromatic rings. The van der Waals surface area contributed by atoms with E-state index in [2.05, 4.69) is 16.8 Å². The summed E-state index contributed by atoms with van der Waals surface area (Å²) in [6.45, 7) is 4.71. The lowest BCUT2D eigenvalue weighted by Gasteiger charge is -2.31. The van der Waals surface area contributed by atoms with Crippen LogP contribution in [0, 0.1) is 5.92 Å². The highest BCUT2D eigenvalue weighted by Gasteiger charge is 2.17. The number of aliphatic imine (C=N–C) groups is 1. The fourth-order valence-corrected chi connectivity index (χ4v) is 2.74. The van der Waals surface area contributed by atoms with Crippen molar-refractivity contribution in [2.75, 3.05) is 34.4 Å². The van der Waals surface area contributed by atoms with E-state index >= 15 is 0 Å². The van der Waals surface area contributed by atoms with Crippen LogP contribution in [0.15, 0.2) is 17.1 Å². The molecule has 0 amide bonds.